The molecule has 1 aliphatic heterocycles. The number of likely N-dealkylation sites (tertiary alicyclic amines) is 1. The molecule has 1 saturated heterocycles. The summed E-state index contributed by atoms with van der Waals surface area (Å²) in [6.45, 7) is 4.17. The number of ether oxygens (including phenoxy) is 1. The maximum Gasteiger partial charge on any atom is 0.416 e. The quantitative estimate of drug-likeness (QED) is 0.283. The molecule has 3 atom stereocenters. The van der Waals surface area contributed by atoms with Crippen molar-refractivity contribution < 1.29 is 40.7 Å². The van der Waals surface area contributed by atoms with Gasteiger partial charge in [-0.2, -0.15) is 26.3 Å². The van der Waals surface area contributed by atoms with Crippen LogP contribution in [-0.4, -0.2) is 42.5 Å². The molecule has 39 heavy (non-hydrogen) atoms. The number of alkyl halides is 6. The maximum atomic E-state index is 13.4. The topological polar surface area (TPSA) is 58.6 Å². The first-order valence-corrected chi connectivity index (χ1v) is 12.8. The van der Waals surface area contributed by atoms with Crippen LogP contribution in [0, 0.1) is 0 Å². The van der Waals surface area contributed by atoms with Crippen molar-refractivity contribution in [3.63, 3.8) is 0 Å². The molecule has 0 aromatic heterocycles. The Morgan fingerprint density at radius 1 is 1.03 bits per heavy atom. The predicted molar refractivity (Wildman–Crippen MR) is 133 cm³/mol. The van der Waals surface area contributed by atoms with Crippen LogP contribution in [0.1, 0.15) is 73.8 Å². The van der Waals surface area contributed by atoms with Crippen LogP contribution >= 0.6 is 0 Å². The lowest BCUT2D eigenvalue weighted by atomic mass is 9.87. The van der Waals surface area contributed by atoms with Gasteiger partial charge in [0.2, 0.25) is 11.8 Å². The Morgan fingerprint density at radius 3 is 2.21 bits per heavy atom. The third-order valence-corrected chi connectivity index (χ3v) is 6.80. The van der Waals surface area contributed by atoms with Gasteiger partial charge in [-0.1, -0.05) is 37.3 Å². The van der Waals surface area contributed by atoms with E-state index < -0.39 is 35.7 Å². The van der Waals surface area contributed by atoms with Crippen molar-refractivity contribution in [2.45, 2.75) is 70.0 Å². The lowest BCUT2D eigenvalue weighted by Gasteiger charge is -2.40. The highest BCUT2D eigenvalue weighted by atomic mass is 19.4. The molecular formula is C28H32F6N2O3. The predicted octanol–water partition coefficient (Wildman–Crippen LogP) is 6.49. The summed E-state index contributed by atoms with van der Waals surface area (Å²) in [4.78, 5) is 25.9. The van der Waals surface area contributed by atoms with Gasteiger partial charge in [0.1, 0.15) is 0 Å². The molecule has 214 valence electrons. The van der Waals surface area contributed by atoms with Gasteiger partial charge in [-0.25, -0.2) is 0 Å². The van der Waals surface area contributed by atoms with E-state index in [0.29, 0.717) is 44.5 Å². The Balaban J connectivity index is 1.77. The molecule has 11 heteroatoms. The highest BCUT2D eigenvalue weighted by Gasteiger charge is 2.38. The van der Waals surface area contributed by atoms with Crippen LogP contribution < -0.4 is 5.32 Å². The van der Waals surface area contributed by atoms with E-state index in [-0.39, 0.29) is 42.3 Å². The standard InChI is InChI=1S/C28H32F6N2O3/c1-3-25(37)35-12-7-10-26(38)36-13-11-24(23(17-36)19-8-5-4-6-9-19)39-18(2)20-14-21(27(29,30)31)16-22(15-20)28(32,33)34/h4-6,8-9,14-16,18,23-24H,3,7,10-13,17H2,1-2H3,(H,35,37)/t18-,23+,24+/m1/s1. The molecule has 0 unspecified atom stereocenters. The minimum Gasteiger partial charge on any atom is -0.370 e. The summed E-state index contributed by atoms with van der Waals surface area (Å²) in [7, 11) is 0. The smallest absolute Gasteiger partial charge is 0.370 e. The van der Waals surface area contributed by atoms with Crippen molar-refractivity contribution in [1.82, 2.24) is 10.2 Å². The SMILES string of the molecule is CCC(=O)NCCCC(=O)N1CC[C@H](O[C@H](C)c2cc(C(F)(F)F)cc(C(F)(F)F)c2)[C@H](c2ccccc2)C1. The first kappa shape index (κ1) is 30.5. The van der Waals surface area contributed by atoms with Crippen LogP contribution in [0.5, 0.6) is 0 Å². The first-order valence-electron chi connectivity index (χ1n) is 12.8. The third-order valence-electron chi connectivity index (χ3n) is 6.80. The largest absolute Gasteiger partial charge is 0.416 e. The van der Waals surface area contributed by atoms with Gasteiger partial charge < -0.3 is 15.0 Å². The van der Waals surface area contributed by atoms with Crippen molar-refractivity contribution in [1.29, 1.82) is 0 Å². The molecule has 5 nitrogen and oxygen atoms in total. The molecule has 0 aliphatic carbocycles. The second-order valence-corrected chi connectivity index (χ2v) is 9.61. The summed E-state index contributed by atoms with van der Waals surface area (Å²) in [6, 6.07) is 10.6. The zero-order chi connectivity index (χ0) is 28.8. The Labute approximate surface area is 223 Å². The van der Waals surface area contributed by atoms with E-state index in [9.17, 15) is 35.9 Å². The Morgan fingerprint density at radius 2 is 1.64 bits per heavy atom. The monoisotopic (exact) mass is 558 g/mol. The van der Waals surface area contributed by atoms with E-state index >= 15 is 0 Å². The summed E-state index contributed by atoms with van der Waals surface area (Å²) in [6.07, 6.45) is -10.1. The molecule has 3 rings (SSSR count). The second kappa shape index (κ2) is 12.8. The Bertz CT molecular complexity index is 1090. The molecule has 2 aromatic rings. The molecule has 0 radical (unpaired) electrons. The average molecular weight is 559 g/mol. The van der Waals surface area contributed by atoms with E-state index in [4.69, 9.17) is 4.74 Å². The lowest BCUT2D eigenvalue weighted by molar-refractivity contribution is -0.143. The number of hydrogen-bond acceptors (Lipinski definition) is 3. The summed E-state index contributed by atoms with van der Waals surface area (Å²) < 4.78 is 86.3. The van der Waals surface area contributed by atoms with Crippen LogP contribution in [0.2, 0.25) is 0 Å². The fraction of sp³-hybridized carbons (Fsp3) is 0.500. The fourth-order valence-corrected chi connectivity index (χ4v) is 4.65. The molecule has 0 spiro atoms. The highest BCUT2D eigenvalue weighted by Crippen LogP contribution is 2.39. The summed E-state index contributed by atoms with van der Waals surface area (Å²) in [5.74, 6) is -0.526. The van der Waals surface area contributed by atoms with Crippen LogP contribution in [0.15, 0.2) is 48.5 Å². The minimum atomic E-state index is -4.95. The number of piperidine rings is 1. The van der Waals surface area contributed by atoms with Crippen LogP contribution in [0.25, 0.3) is 0 Å². The first-order chi connectivity index (χ1) is 18.3. The van der Waals surface area contributed by atoms with E-state index in [1.54, 1.807) is 11.8 Å². The number of carbonyl (C=O) groups is 2. The summed E-state index contributed by atoms with van der Waals surface area (Å²) >= 11 is 0. The van der Waals surface area contributed by atoms with Gasteiger partial charge in [-0.15, -0.1) is 0 Å². The lowest BCUT2D eigenvalue weighted by Crippen LogP contribution is -2.46. The van der Waals surface area contributed by atoms with Crippen molar-refractivity contribution >= 4 is 11.8 Å². The zero-order valence-electron chi connectivity index (χ0n) is 21.7. The van der Waals surface area contributed by atoms with Crippen molar-refractivity contribution in [2.75, 3.05) is 19.6 Å². The molecule has 1 aliphatic rings. The molecular weight excluding hydrogens is 526 g/mol. The van der Waals surface area contributed by atoms with Crippen LogP contribution in [0.4, 0.5) is 26.3 Å². The van der Waals surface area contributed by atoms with Crippen molar-refractivity contribution in [3.05, 3.63) is 70.8 Å². The second-order valence-electron chi connectivity index (χ2n) is 9.61. The minimum absolute atomic E-state index is 0.0956. The molecule has 1 heterocycles. The zero-order valence-corrected chi connectivity index (χ0v) is 21.7. The molecule has 0 saturated carbocycles. The van der Waals surface area contributed by atoms with Crippen LogP contribution in [0.3, 0.4) is 0 Å². The number of benzene rings is 2. The van der Waals surface area contributed by atoms with Gasteiger partial charge in [0.25, 0.3) is 0 Å². The molecule has 1 fully saturated rings. The molecule has 0 bridgehead atoms. The molecule has 2 amide bonds. The van der Waals surface area contributed by atoms with E-state index in [0.717, 1.165) is 5.56 Å². The van der Waals surface area contributed by atoms with Gasteiger partial charge in [0.05, 0.1) is 23.3 Å². The van der Waals surface area contributed by atoms with Crippen molar-refractivity contribution in [3.8, 4) is 0 Å². The Hall–Kier alpha value is -3.08. The summed E-state index contributed by atoms with van der Waals surface area (Å²) in [5.41, 5.74) is -2.16. The normalized spacial score (nSPS) is 19.0. The Kier molecular flexibility index (Phi) is 10.0. The highest BCUT2D eigenvalue weighted by molar-refractivity contribution is 5.77. The van der Waals surface area contributed by atoms with Gasteiger partial charge in [-0.05, 0) is 49.1 Å². The van der Waals surface area contributed by atoms with E-state index in [2.05, 4.69) is 5.32 Å². The number of carbonyl (C=O) groups excluding carboxylic acids is 2. The van der Waals surface area contributed by atoms with Crippen molar-refractivity contribution in [2.24, 2.45) is 0 Å². The van der Waals surface area contributed by atoms with E-state index in [1.165, 1.54) is 6.92 Å². The van der Waals surface area contributed by atoms with Crippen LogP contribution in [-0.2, 0) is 26.7 Å². The summed E-state index contributed by atoms with van der Waals surface area (Å²) in [5, 5.41) is 2.73. The fourth-order valence-electron chi connectivity index (χ4n) is 4.65. The maximum absolute atomic E-state index is 13.4. The number of halogens is 6. The number of amides is 2. The van der Waals surface area contributed by atoms with E-state index in [1.807, 2.05) is 30.3 Å². The third kappa shape index (κ3) is 8.45. The van der Waals surface area contributed by atoms with Gasteiger partial charge in [0, 0.05) is 38.4 Å². The molecule has 2 aromatic carbocycles. The van der Waals surface area contributed by atoms with Gasteiger partial charge in [-0.3, -0.25) is 9.59 Å². The number of hydrogen-bond donors (Lipinski definition) is 1. The average Bonchev–Trinajstić information content (AvgIpc) is 2.90. The number of nitrogens with zero attached hydrogens (tertiary/aromatic N) is 1. The van der Waals surface area contributed by atoms with Gasteiger partial charge in [0.15, 0.2) is 0 Å². The number of nitrogens with one attached hydrogen (secondary N) is 1. The molecule has 1 N–H and O–H groups in total. The number of rotatable bonds is 9. The van der Waals surface area contributed by atoms with Gasteiger partial charge >= 0.3 is 12.4 Å².